The molecule has 0 unspecified atom stereocenters. The Bertz CT molecular complexity index is 1770. The van der Waals surface area contributed by atoms with Crippen molar-refractivity contribution in [2.45, 2.75) is 56.3 Å². The van der Waals surface area contributed by atoms with Gasteiger partial charge in [0.05, 0.1) is 27.7 Å². The fourth-order valence-electron chi connectivity index (χ4n) is 5.41. The smallest absolute Gasteiger partial charge is 0.294 e. The molecule has 4 rings (SSSR count). The summed E-state index contributed by atoms with van der Waals surface area (Å²) in [5, 5.41) is 12.7. The van der Waals surface area contributed by atoms with Crippen molar-refractivity contribution in [2.75, 3.05) is 17.6 Å². The van der Waals surface area contributed by atoms with Crippen LogP contribution < -0.4 is 5.32 Å². The third-order valence-corrected chi connectivity index (χ3v) is 9.35. The number of allylic oxidation sites excluding steroid dienone is 6. The lowest BCUT2D eigenvalue weighted by Crippen LogP contribution is -2.28. The van der Waals surface area contributed by atoms with E-state index in [0.29, 0.717) is 18.5 Å². The van der Waals surface area contributed by atoms with Crippen LogP contribution in [0.4, 0.5) is 11.4 Å². The largest absolute Gasteiger partial charge is 0.358 e. The van der Waals surface area contributed by atoms with E-state index in [1.807, 2.05) is 60.9 Å². The zero-order valence-electron chi connectivity index (χ0n) is 23.4. The van der Waals surface area contributed by atoms with Crippen molar-refractivity contribution < 1.29 is 30.5 Å². The molecule has 0 saturated heterocycles. The average Bonchev–Trinajstić information content (AvgIpc) is 3.26. The van der Waals surface area contributed by atoms with E-state index in [0.717, 1.165) is 33.9 Å². The van der Waals surface area contributed by atoms with E-state index >= 15 is 0 Å². The predicted molar refractivity (Wildman–Crippen MR) is 159 cm³/mol. The summed E-state index contributed by atoms with van der Waals surface area (Å²) in [6, 6.07) is 12.3. The minimum absolute atomic E-state index is 0.193. The van der Waals surface area contributed by atoms with Crippen LogP contribution in [0.25, 0.3) is 0 Å². The second-order valence-electron chi connectivity index (χ2n) is 11.3. The van der Waals surface area contributed by atoms with Gasteiger partial charge in [-0.25, -0.2) is 0 Å². The normalized spacial score (nSPS) is 18.6. The number of benzene rings is 2. The Morgan fingerprint density at radius 1 is 0.927 bits per heavy atom. The fraction of sp³-hybridized carbons (Fsp3) is 0.333. The lowest BCUT2D eigenvalue weighted by Gasteiger charge is -2.20. The predicted octanol–water partition coefficient (Wildman–Crippen LogP) is 5.25. The van der Waals surface area contributed by atoms with Crippen LogP contribution in [0.15, 0.2) is 77.4 Å². The van der Waals surface area contributed by atoms with Crippen LogP contribution in [0.5, 0.6) is 0 Å². The highest BCUT2D eigenvalue weighted by Crippen LogP contribution is 2.44. The molecule has 3 N–H and O–H groups in total. The van der Waals surface area contributed by atoms with Crippen LogP contribution in [0.2, 0.25) is 0 Å². The van der Waals surface area contributed by atoms with Gasteiger partial charge in [-0.3, -0.25) is 9.11 Å². The van der Waals surface area contributed by atoms with Gasteiger partial charge >= 0.3 is 0 Å². The Kier molecular flexibility index (Phi) is 8.17. The standard InChI is InChI=1S/C30H33N3O6S2/c1-29(2)23-18-21(20-31)12-14-25(23)32-27(29)10-6-5-7-11-28-30(3,4)24-19-22(41(37,38)39)13-15-26(24)33(28)16-8-9-17-40(34,35)36/h5-7,10-15,18-19H,8-9,16-17H2,1-4H3,(H2,34,35,36,37,38,39)/p+1. The van der Waals surface area contributed by atoms with Crippen molar-refractivity contribution in [3.8, 4) is 6.07 Å². The van der Waals surface area contributed by atoms with E-state index in [4.69, 9.17) is 4.55 Å². The second kappa shape index (κ2) is 11.0. The molecule has 0 radical (unpaired) electrons. The number of hydrogen-bond donors (Lipinski definition) is 3. The molecule has 0 spiro atoms. The molecule has 2 aromatic rings. The van der Waals surface area contributed by atoms with Crippen molar-refractivity contribution >= 4 is 37.3 Å². The number of hydrogen-bond acceptors (Lipinski definition) is 6. The third kappa shape index (κ3) is 6.36. The first-order valence-electron chi connectivity index (χ1n) is 13.1. The molecule has 0 atom stereocenters. The van der Waals surface area contributed by atoms with Gasteiger partial charge in [-0.2, -0.15) is 26.7 Å². The molecule has 2 heterocycles. The summed E-state index contributed by atoms with van der Waals surface area (Å²) in [6.07, 6.45) is 10.4. The molecule has 9 nitrogen and oxygen atoms in total. The maximum absolute atomic E-state index is 11.8. The molecule has 0 amide bonds. The number of anilines is 1. The van der Waals surface area contributed by atoms with Gasteiger partial charge < -0.3 is 5.32 Å². The van der Waals surface area contributed by atoms with Crippen LogP contribution >= 0.6 is 0 Å². The highest BCUT2D eigenvalue weighted by atomic mass is 32.2. The molecule has 216 valence electrons. The van der Waals surface area contributed by atoms with Crippen molar-refractivity contribution in [3.05, 3.63) is 89.2 Å². The topological polar surface area (TPSA) is 148 Å². The first kappa shape index (κ1) is 30.4. The first-order valence-corrected chi connectivity index (χ1v) is 16.2. The van der Waals surface area contributed by atoms with E-state index in [-0.39, 0.29) is 22.5 Å². The summed E-state index contributed by atoms with van der Waals surface area (Å²) in [5.74, 6) is -0.340. The molecule has 2 aliphatic rings. The van der Waals surface area contributed by atoms with Crippen molar-refractivity contribution in [2.24, 2.45) is 0 Å². The van der Waals surface area contributed by atoms with Crippen LogP contribution in [-0.4, -0.2) is 48.5 Å². The van der Waals surface area contributed by atoms with Gasteiger partial charge in [-0.1, -0.05) is 32.1 Å². The summed E-state index contributed by atoms with van der Waals surface area (Å²) in [7, 11) is -8.46. The van der Waals surface area contributed by atoms with Crippen LogP contribution in [-0.2, 0) is 31.1 Å². The van der Waals surface area contributed by atoms with Crippen molar-refractivity contribution in [1.29, 1.82) is 5.26 Å². The molecule has 0 fully saturated rings. The molecule has 2 aliphatic heterocycles. The molecule has 41 heavy (non-hydrogen) atoms. The molecule has 11 heteroatoms. The van der Waals surface area contributed by atoms with Gasteiger partial charge in [0.1, 0.15) is 6.54 Å². The van der Waals surface area contributed by atoms with E-state index in [2.05, 4.69) is 25.2 Å². The van der Waals surface area contributed by atoms with E-state index in [1.54, 1.807) is 12.1 Å². The molecule has 0 saturated carbocycles. The van der Waals surface area contributed by atoms with Gasteiger partial charge in [0, 0.05) is 40.9 Å². The fourth-order valence-corrected chi connectivity index (χ4v) is 6.48. The lowest BCUT2D eigenvalue weighted by atomic mass is 9.81. The summed E-state index contributed by atoms with van der Waals surface area (Å²) < 4.78 is 66.7. The Labute approximate surface area is 241 Å². The minimum Gasteiger partial charge on any atom is -0.358 e. The zero-order valence-corrected chi connectivity index (χ0v) is 25.1. The number of unbranched alkanes of at least 4 members (excludes halogenated alkanes) is 1. The summed E-state index contributed by atoms with van der Waals surface area (Å²) in [4.78, 5) is -0.193. The molecule has 0 aliphatic carbocycles. The quantitative estimate of drug-likeness (QED) is 0.154. The van der Waals surface area contributed by atoms with Gasteiger partial charge in [-0.15, -0.1) is 0 Å². The Morgan fingerprint density at radius 2 is 1.66 bits per heavy atom. The number of fused-ring (bicyclic) bond motifs is 2. The Morgan fingerprint density at radius 3 is 2.32 bits per heavy atom. The lowest BCUT2D eigenvalue weighted by molar-refractivity contribution is -0.438. The Balaban J connectivity index is 1.62. The third-order valence-electron chi connectivity index (χ3n) is 7.70. The highest BCUT2D eigenvalue weighted by molar-refractivity contribution is 7.86. The van der Waals surface area contributed by atoms with Crippen LogP contribution in [0.3, 0.4) is 0 Å². The minimum atomic E-state index is -4.39. The van der Waals surface area contributed by atoms with Crippen LogP contribution in [0.1, 0.15) is 57.2 Å². The summed E-state index contributed by atoms with van der Waals surface area (Å²) >= 11 is 0. The molecule has 0 aromatic heterocycles. The van der Waals surface area contributed by atoms with Crippen LogP contribution in [0, 0.1) is 11.3 Å². The van der Waals surface area contributed by atoms with Gasteiger partial charge in [-0.05, 0) is 62.2 Å². The van der Waals surface area contributed by atoms with Crippen molar-refractivity contribution in [3.63, 3.8) is 0 Å². The number of nitriles is 1. The Hall–Kier alpha value is -3.56. The van der Waals surface area contributed by atoms with E-state index in [1.165, 1.54) is 12.1 Å². The average molecular weight is 597 g/mol. The molecule has 2 aromatic carbocycles. The summed E-state index contributed by atoms with van der Waals surface area (Å²) in [6.45, 7) is 8.56. The monoisotopic (exact) mass is 596 g/mol. The zero-order chi connectivity index (χ0) is 30.2. The molecule has 0 bridgehead atoms. The number of nitrogens with zero attached hydrogens (tertiary/aromatic N) is 2. The maximum atomic E-state index is 11.8. The molecular formula is C30H34N3O6S2+. The highest BCUT2D eigenvalue weighted by Gasteiger charge is 2.44. The van der Waals surface area contributed by atoms with Gasteiger partial charge in [0.25, 0.3) is 20.2 Å². The summed E-state index contributed by atoms with van der Waals surface area (Å²) in [5.41, 5.74) is 5.08. The van der Waals surface area contributed by atoms with Crippen molar-refractivity contribution in [1.82, 2.24) is 0 Å². The van der Waals surface area contributed by atoms with Gasteiger partial charge in [0.15, 0.2) is 5.71 Å². The maximum Gasteiger partial charge on any atom is 0.294 e. The molecular weight excluding hydrogens is 562 g/mol. The first-order chi connectivity index (χ1) is 19.1. The van der Waals surface area contributed by atoms with Gasteiger partial charge in [0.2, 0.25) is 5.69 Å². The second-order valence-corrected chi connectivity index (χ2v) is 14.2. The number of nitrogens with one attached hydrogen (secondary N) is 1. The van der Waals surface area contributed by atoms with E-state index in [9.17, 15) is 26.7 Å². The SMILES string of the molecule is CC1(C)C(/C=C/C=C/C=C2/Nc3ccc(C#N)cc3C2(C)C)=[N+](CCCCS(=O)(=O)O)c2ccc(S(=O)(=O)O)cc21. The van der Waals surface area contributed by atoms with E-state index < -0.39 is 25.7 Å². The number of rotatable bonds is 9.